The van der Waals surface area contributed by atoms with E-state index in [0.29, 0.717) is 22.2 Å². The number of amides is 1. The summed E-state index contributed by atoms with van der Waals surface area (Å²) >= 11 is 6.32. The van der Waals surface area contributed by atoms with Gasteiger partial charge in [0.25, 0.3) is 5.91 Å². The molecule has 25 heavy (non-hydrogen) atoms. The maximum atomic E-state index is 12.0. The molecule has 0 atom stereocenters. The molecule has 0 saturated carbocycles. The van der Waals surface area contributed by atoms with Crippen LogP contribution < -0.4 is 11.1 Å². The Hall–Kier alpha value is -2.86. The van der Waals surface area contributed by atoms with Crippen molar-refractivity contribution < 1.29 is 4.79 Å². The Morgan fingerprint density at radius 1 is 1.32 bits per heavy atom. The molecule has 0 fully saturated rings. The number of benzene rings is 1. The fourth-order valence-corrected chi connectivity index (χ4v) is 3.07. The number of hydrogen-bond acceptors (Lipinski definition) is 4. The van der Waals surface area contributed by atoms with Crippen molar-refractivity contribution in [3.05, 3.63) is 59.1 Å². The van der Waals surface area contributed by atoms with Crippen molar-refractivity contribution in [2.75, 3.05) is 12.4 Å². The van der Waals surface area contributed by atoms with Gasteiger partial charge in [0, 0.05) is 29.9 Å². The molecule has 2 heterocycles. The normalized spacial score (nSPS) is 10.7. The van der Waals surface area contributed by atoms with Crippen LogP contribution in [-0.2, 0) is 6.42 Å². The SMILES string of the molecule is CCc1c(Cl)cccc1-n1cc(-c2cc(NC)ncn2)cc1C(N)=O. The van der Waals surface area contributed by atoms with Crippen molar-refractivity contribution >= 4 is 23.3 Å². The standard InChI is InChI=1S/C18H18ClN5O/c1-3-12-13(19)5-4-6-15(12)24-9-11(7-16(24)18(20)25)14-8-17(21-2)23-10-22-14/h4-10H,3H2,1-2H3,(H2,20,25)(H,21,22,23). The van der Waals surface area contributed by atoms with Crippen molar-refractivity contribution in [1.82, 2.24) is 14.5 Å². The summed E-state index contributed by atoms with van der Waals surface area (Å²) in [5.74, 6) is 0.173. The fourth-order valence-electron chi connectivity index (χ4n) is 2.77. The molecule has 2 aromatic heterocycles. The highest BCUT2D eigenvalue weighted by Gasteiger charge is 2.17. The zero-order valence-corrected chi connectivity index (χ0v) is 14.7. The monoisotopic (exact) mass is 355 g/mol. The minimum absolute atomic E-state index is 0.372. The Bertz CT molecular complexity index is 935. The minimum Gasteiger partial charge on any atom is -0.373 e. The van der Waals surface area contributed by atoms with Crippen LogP contribution in [0.4, 0.5) is 5.82 Å². The van der Waals surface area contributed by atoms with Crippen LogP contribution in [0.1, 0.15) is 23.0 Å². The van der Waals surface area contributed by atoms with Gasteiger partial charge < -0.3 is 15.6 Å². The van der Waals surface area contributed by atoms with Gasteiger partial charge in [0.05, 0.1) is 11.4 Å². The fraction of sp³-hybridized carbons (Fsp3) is 0.167. The molecule has 3 rings (SSSR count). The lowest BCUT2D eigenvalue weighted by atomic mass is 10.1. The highest BCUT2D eigenvalue weighted by molar-refractivity contribution is 6.31. The van der Waals surface area contributed by atoms with Crippen molar-refractivity contribution in [2.24, 2.45) is 5.73 Å². The van der Waals surface area contributed by atoms with Crippen LogP contribution in [-0.4, -0.2) is 27.5 Å². The van der Waals surface area contributed by atoms with Crippen LogP contribution in [0.5, 0.6) is 0 Å². The summed E-state index contributed by atoms with van der Waals surface area (Å²) < 4.78 is 1.77. The van der Waals surface area contributed by atoms with Crippen LogP contribution in [0.3, 0.4) is 0 Å². The van der Waals surface area contributed by atoms with E-state index in [2.05, 4.69) is 15.3 Å². The molecule has 0 spiro atoms. The first kappa shape index (κ1) is 17.0. The summed E-state index contributed by atoms with van der Waals surface area (Å²) in [5.41, 5.74) is 9.21. The molecule has 1 amide bonds. The molecular formula is C18H18ClN5O. The van der Waals surface area contributed by atoms with E-state index in [0.717, 1.165) is 23.2 Å². The van der Waals surface area contributed by atoms with Gasteiger partial charge in [0.1, 0.15) is 17.8 Å². The van der Waals surface area contributed by atoms with Gasteiger partial charge in [-0.05, 0) is 30.2 Å². The summed E-state index contributed by atoms with van der Waals surface area (Å²) in [6.07, 6.45) is 4.05. The lowest BCUT2D eigenvalue weighted by molar-refractivity contribution is 0.0994. The van der Waals surface area contributed by atoms with Gasteiger partial charge in [0.2, 0.25) is 0 Å². The lowest BCUT2D eigenvalue weighted by Crippen LogP contribution is -2.16. The number of primary amides is 1. The van der Waals surface area contributed by atoms with Gasteiger partial charge in [-0.3, -0.25) is 4.79 Å². The largest absolute Gasteiger partial charge is 0.373 e. The van der Waals surface area contributed by atoms with Crippen LogP contribution in [0.25, 0.3) is 16.9 Å². The van der Waals surface area contributed by atoms with E-state index in [1.807, 2.05) is 37.4 Å². The van der Waals surface area contributed by atoms with Gasteiger partial charge >= 0.3 is 0 Å². The van der Waals surface area contributed by atoms with Gasteiger partial charge in [-0.1, -0.05) is 24.6 Å². The molecule has 3 N–H and O–H groups in total. The molecule has 7 heteroatoms. The second-order valence-electron chi connectivity index (χ2n) is 5.48. The van der Waals surface area contributed by atoms with E-state index < -0.39 is 5.91 Å². The topological polar surface area (TPSA) is 85.8 Å². The third kappa shape index (κ3) is 3.21. The van der Waals surface area contributed by atoms with E-state index in [9.17, 15) is 4.79 Å². The first-order chi connectivity index (χ1) is 12.0. The number of anilines is 1. The molecule has 0 saturated heterocycles. The first-order valence-corrected chi connectivity index (χ1v) is 8.23. The van der Waals surface area contributed by atoms with E-state index in [1.165, 1.54) is 6.33 Å². The molecule has 0 bridgehead atoms. The summed E-state index contributed by atoms with van der Waals surface area (Å²) in [6, 6.07) is 9.14. The van der Waals surface area contributed by atoms with Crippen LogP contribution in [0.15, 0.2) is 42.9 Å². The van der Waals surface area contributed by atoms with E-state index >= 15 is 0 Å². The Kier molecular flexibility index (Phi) is 4.72. The zero-order chi connectivity index (χ0) is 18.0. The molecule has 0 aliphatic rings. The van der Waals surface area contributed by atoms with Gasteiger partial charge in [-0.25, -0.2) is 9.97 Å². The van der Waals surface area contributed by atoms with E-state index in [4.69, 9.17) is 17.3 Å². The van der Waals surface area contributed by atoms with Crippen molar-refractivity contribution in [3.63, 3.8) is 0 Å². The highest BCUT2D eigenvalue weighted by atomic mass is 35.5. The highest BCUT2D eigenvalue weighted by Crippen LogP contribution is 2.29. The first-order valence-electron chi connectivity index (χ1n) is 7.85. The number of halogens is 1. The third-order valence-electron chi connectivity index (χ3n) is 4.00. The Labute approximate surface area is 150 Å². The molecule has 0 unspecified atom stereocenters. The number of nitrogens with zero attached hydrogens (tertiary/aromatic N) is 3. The molecule has 6 nitrogen and oxygen atoms in total. The van der Waals surface area contributed by atoms with Crippen LogP contribution >= 0.6 is 11.6 Å². The average molecular weight is 356 g/mol. The summed E-state index contributed by atoms with van der Waals surface area (Å²) in [6.45, 7) is 2.02. The van der Waals surface area contributed by atoms with Crippen molar-refractivity contribution in [1.29, 1.82) is 0 Å². The predicted molar refractivity (Wildman–Crippen MR) is 99.2 cm³/mol. The van der Waals surface area contributed by atoms with Crippen molar-refractivity contribution in [3.8, 4) is 16.9 Å². The second kappa shape index (κ2) is 6.94. The van der Waals surface area contributed by atoms with Crippen molar-refractivity contribution in [2.45, 2.75) is 13.3 Å². The Morgan fingerprint density at radius 3 is 2.80 bits per heavy atom. The molecule has 1 aromatic carbocycles. The quantitative estimate of drug-likeness (QED) is 0.735. The lowest BCUT2D eigenvalue weighted by Gasteiger charge is -2.13. The molecule has 0 radical (unpaired) electrons. The second-order valence-corrected chi connectivity index (χ2v) is 5.89. The smallest absolute Gasteiger partial charge is 0.265 e. The van der Waals surface area contributed by atoms with E-state index in [-0.39, 0.29) is 0 Å². The predicted octanol–water partition coefficient (Wildman–Crippen LogP) is 3.29. The number of carbonyl (C=O) groups excluding carboxylic acids is 1. The van der Waals surface area contributed by atoms with E-state index in [1.54, 1.807) is 17.7 Å². The van der Waals surface area contributed by atoms with Crippen LogP contribution in [0, 0.1) is 0 Å². The molecular weight excluding hydrogens is 338 g/mol. The maximum absolute atomic E-state index is 12.0. The average Bonchev–Trinajstić information content (AvgIpc) is 3.07. The minimum atomic E-state index is -0.517. The Balaban J connectivity index is 2.20. The maximum Gasteiger partial charge on any atom is 0.265 e. The zero-order valence-electron chi connectivity index (χ0n) is 14.0. The third-order valence-corrected chi connectivity index (χ3v) is 4.35. The number of carbonyl (C=O) groups is 1. The number of hydrogen-bond donors (Lipinski definition) is 2. The summed E-state index contributed by atoms with van der Waals surface area (Å²) in [4.78, 5) is 20.4. The van der Waals surface area contributed by atoms with Gasteiger partial charge in [-0.15, -0.1) is 0 Å². The van der Waals surface area contributed by atoms with Gasteiger partial charge in [-0.2, -0.15) is 0 Å². The summed E-state index contributed by atoms with van der Waals surface area (Å²) in [7, 11) is 1.78. The molecule has 128 valence electrons. The molecule has 0 aliphatic carbocycles. The number of nitrogens with one attached hydrogen (secondary N) is 1. The number of nitrogens with two attached hydrogens (primary N) is 1. The van der Waals surface area contributed by atoms with Crippen LogP contribution in [0.2, 0.25) is 5.02 Å². The number of rotatable bonds is 5. The van der Waals surface area contributed by atoms with Gasteiger partial charge in [0.15, 0.2) is 0 Å². The molecule has 3 aromatic rings. The number of aromatic nitrogens is 3. The summed E-state index contributed by atoms with van der Waals surface area (Å²) in [5, 5.41) is 3.63. The molecule has 0 aliphatic heterocycles. The Morgan fingerprint density at radius 2 is 2.12 bits per heavy atom.